The fraction of sp³-hybridized carbons (Fsp3) is 0.200. The number of azide groups is 1. The molecule has 1 atom stereocenters. The van der Waals surface area contributed by atoms with E-state index < -0.39 is 29.5 Å². The number of aromatic nitrogens is 1. The van der Waals surface area contributed by atoms with Crippen molar-refractivity contribution in [2.45, 2.75) is 12.3 Å². The molecule has 1 N–H and O–H groups in total. The molecule has 0 radical (unpaired) electrons. The van der Waals surface area contributed by atoms with Gasteiger partial charge in [0.2, 0.25) is 0 Å². The zero-order valence-electron chi connectivity index (χ0n) is 15.8. The van der Waals surface area contributed by atoms with Gasteiger partial charge in [-0.05, 0) is 35.2 Å². The summed E-state index contributed by atoms with van der Waals surface area (Å²) in [6, 6.07) is 11.0. The molecule has 31 heavy (non-hydrogen) atoms. The predicted molar refractivity (Wildman–Crippen MR) is 107 cm³/mol. The van der Waals surface area contributed by atoms with Crippen LogP contribution < -0.4 is 10.5 Å². The molecule has 0 spiro atoms. The number of H-pyrrole nitrogens is 1. The number of amides is 1. The molecular formula is C20H14F3N5O3. The van der Waals surface area contributed by atoms with Gasteiger partial charge in [0.25, 0.3) is 5.56 Å². The van der Waals surface area contributed by atoms with Crippen LogP contribution in [0.5, 0.6) is 0 Å². The van der Waals surface area contributed by atoms with Gasteiger partial charge >= 0.3 is 12.3 Å². The van der Waals surface area contributed by atoms with Crippen LogP contribution in [0.3, 0.4) is 0 Å². The number of ether oxygens (including phenoxy) is 1. The maximum Gasteiger partial charge on any atom is 0.417 e. The number of benzene rings is 2. The van der Waals surface area contributed by atoms with Crippen LogP contribution >= 0.6 is 0 Å². The van der Waals surface area contributed by atoms with Crippen molar-refractivity contribution in [1.29, 1.82) is 0 Å². The highest BCUT2D eigenvalue weighted by Crippen LogP contribution is 2.36. The quantitative estimate of drug-likeness (QED) is 0.363. The Bertz CT molecular complexity index is 1280. The van der Waals surface area contributed by atoms with Gasteiger partial charge in [-0.25, -0.2) is 4.79 Å². The van der Waals surface area contributed by atoms with Crippen LogP contribution in [0.4, 0.5) is 23.7 Å². The van der Waals surface area contributed by atoms with E-state index in [-0.39, 0.29) is 29.7 Å². The second-order valence-electron chi connectivity index (χ2n) is 6.86. The van der Waals surface area contributed by atoms with Gasteiger partial charge in [0.05, 0.1) is 18.7 Å². The number of cyclic esters (lactones) is 1. The normalized spacial score (nSPS) is 16.3. The molecule has 1 aliphatic heterocycles. The highest BCUT2D eigenvalue weighted by molar-refractivity contribution is 5.94. The molecule has 1 amide bonds. The van der Waals surface area contributed by atoms with E-state index in [0.717, 1.165) is 6.07 Å². The summed E-state index contributed by atoms with van der Waals surface area (Å²) < 4.78 is 45.2. The molecule has 2 heterocycles. The lowest BCUT2D eigenvalue weighted by atomic mass is 10.0. The number of anilines is 1. The van der Waals surface area contributed by atoms with Crippen LogP contribution in [0.1, 0.15) is 5.56 Å². The summed E-state index contributed by atoms with van der Waals surface area (Å²) in [5, 5.41) is 4.00. The van der Waals surface area contributed by atoms with Crippen LogP contribution in [-0.4, -0.2) is 30.3 Å². The lowest BCUT2D eigenvalue weighted by Gasteiger charge is -2.15. The summed E-state index contributed by atoms with van der Waals surface area (Å²) in [5.74, 6) is 0. The van der Waals surface area contributed by atoms with Gasteiger partial charge in [0.15, 0.2) is 0 Å². The van der Waals surface area contributed by atoms with Crippen molar-refractivity contribution in [3.63, 3.8) is 0 Å². The van der Waals surface area contributed by atoms with E-state index in [1.165, 1.54) is 35.2 Å². The molecule has 1 aromatic heterocycles. The third-order valence-corrected chi connectivity index (χ3v) is 4.89. The minimum atomic E-state index is -4.57. The summed E-state index contributed by atoms with van der Waals surface area (Å²) in [5.41, 5.74) is 7.23. The summed E-state index contributed by atoms with van der Waals surface area (Å²) in [4.78, 5) is 31.2. The van der Waals surface area contributed by atoms with Crippen LogP contribution in [0, 0.1) is 0 Å². The van der Waals surface area contributed by atoms with E-state index in [4.69, 9.17) is 10.3 Å². The van der Waals surface area contributed by atoms with Crippen LogP contribution in [0.15, 0.2) is 58.4 Å². The van der Waals surface area contributed by atoms with Crippen molar-refractivity contribution in [3.8, 4) is 11.3 Å². The molecule has 1 aliphatic rings. The Morgan fingerprint density at radius 3 is 2.71 bits per heavy atom. The van der Waals surface area contributed by atoms with Crippen LogP contribution in [0.2, 0.25) is 0 Å². The average Bonchev–Trinajstić information content (AvgIpc) is 3.12. The minimum Gasteiger partial charge on any atom is -0.444 e. The first kappa shape index (κ1) is 20.3. The molecule has 158 valence electrons. The number of fused-ring (bicyclic) bond motifs is 1. The standard InChI is InChI=1S/C20H14F3N5O3/c21-20(22,23)16-4-2-1-3-14(16)17-7-11-5-6-12(8-15(11)18(29)26-17)28-10-13(9-25-27-24)31-19(28)30/h1-8,13H,9-10H2,(H,26,29)/t13-/m0/s1. The number of carbonyl (C=O) groups excluding carboxylic acids is 1. The number of hydrogen-bond donors (Lipinski definition) is 1. The van der Waals surface area contributed by atoms with E-state index in [2.05, 4.69) is 15.0 Å². The number of halogens is 3. The first-order valence-corrected chi connectivity index (χ1v) is 9.10. The van der Waals surface area contributed by atoms with Crippen molar-refractivity contribution in [2.24, 2.45) is 5.11 Å². The smallest absolute Gasteiger partial charge is 0.417 e. The largest absolute Gasteiger partial charge is 0.444 e. The third kappa shape index (κ3) is 3.90. The maximum atomic E-state index is 13.4. The fourth-order valence-electron chi connectivity index (χ4n) is 3.48. The van der Waals surface area contributed by atoms with Crippen LogP contribution in [-0.2, 0) is 10.9 Å². The van der Waals surface area contributed by atoms with Gasteiger partial charge in [-0.3, -0.25) is 9.69 Å². The van der Waals surface area contributed by atoms with Crippen LogP contribution in [0.25, 0.3) is 32.5 Å². The molecule has 1 saturated heterocycles. The van der Waals surface area contributed by atoms with Crippen molar-refractivity contribution in [1.82, 2.24) is 4.98 Å². The van der Waals surface area contributed by atoms with Gasteiger partial charge in [0.1, 0.15) is 6.10 Å². The Labute approximate surface area is 172 Å². The van der Waals surface area contributed by atoms with Gasteiger partial charge in [-0.2, -0.15) is 13.2 Å². The number of nitrogens with one attached hydrogen (secondary N) is 1. The van der Waals surface area contributed by atoms with Gasteiger partial charge in [-0.1, -0.05) is 29.4 Å². The Balaban J connectivity index is 1.73. The highest BCUT2D eigenvalue weighted by Gasteiger charge is 2.34. The first-order chi connectivity index (χ1) is 14.8. The van der Waals surface area contributed by atoms with Gasteiger partial charge in [-0.15, -0.1) is 0 Å². The summed E-state index contributed by atoms with van der Waals surface area (Å²) in [6.07, 6.45) is -5.84. The van der Waals surface area contributed by atoms with Crippen molar-refractivity contribution >= 4 is 22.6 Å². The molecule has 0 aliphatic carbocycles. The van der Waals surface area contributed by atoms with E-state index in [9.17, 15) is 22.8 Å². The van der Waals surface area contributed by atoms with Gasteiger partial charge < -0.3 is 9.72 Å². The zero-order valence-corrected chi connectivity index (χ0v) is 15.8. The SMILES string of the molecule is [N-]=[N+]=NC[C@H]1CN(c2ccc3cc(-c4ccccc4C(F)(F)F)[nH]c(=O)c3c2)C(=O)O1. The number of carbonyl (C=O) groups is 1. The summed E-state index contributed by atoms with van der Waals surface area (Å²) in [7, 11) is 0. The first-order valence-electron chi connectivity index (χ1n) is 9.10. The third-order valence-electron chi connectivity index (χ3n) is 4.89. The second-order valence-corrected chi connectivity index (χ2v) is 6.86. The van der Waals surface area contributed by atoms with Crippen molar-refractivity contribution in [2.75, 3.05) is 18.0 Å². The zero-order chi connectivity index (χ0) is 22.2. The molecule has 4 rings (SSSR count). The highest BCUT2D eigenvalue weighted by atomic mass is 19.4. The predicted octanol–water partition coefficient (Wildman–Crippen LogP) is 4.85. The van der Waals surface area contributed by atoms with Crippen molar-refractivity contribution in [3.05, 3.63) is 74.9 Å². The average molecular weight is 429 g/mol. The number of alkyl halides is 3. The second kappa shape index (κ2) is 7.69. The number of rotatable bonds is 4. The van der Waals surface area contributed by atoms with E-state index in [1.807, 2.05) is 0 Å². The molecule has 0 unspecified atom stereocenters. The molecule has 3 aromatic rings. The Kier molecular flexibility index (Phi) is 5.04. The lowest BCUT2D eigenvalue weighted by molar-refractivity contribution is -0.137. The lowest BCUT2D eigenvalue weighted by Crippen LogP contribution is -2.25. The molecule has 0 bridgehead atoms. The minimum absolute atomic E-state index is 0.0190. The molecule has 0 saturated carbocycles. The molecule has 11 heteroatoms. The molecule has 1 fully saturated rings. The summed E-state index contributed by atoms with van der Waals surface area (Å²) >= 11 is 0. The number of hydrogen-bond acceptors (Lipinski definition) is 4. The Hall–Kier alpha value is -3.98. The van der Waals surface area contributed by atoms with E-state index in [0.29, 0.717) is 11.1 Å². The van der Waals surface area contributed by atoms with Gasteiger partial charge in [0, 0.05) is 27.2 Å². The van der Waals surface area contributed by atoms with E-state index in [1.54, 1.807) is 12.1 Å². The number of aromatic amines is 1. The number of pyridine rings is 1. The summed E-state index contributed by atoms with van der Waals surface area (Å²) in [6.45, 7) is 0.118. The molecule has 8 nitrogen and oxygen atoms in total. The monoisotopic (exact) mass is 429 g/mol. The molecular weight excluding hydrogens is 415 g/mol. The fourth-order valence-corrected chi connectivity index (χ4v) is 3.48. The Morgan fingerprint density at radius 1 is 1.19 bits per heavy atom. The molecule has 2 aromatic carbocycles. The topological polar surface area (TPSA) is 111 Å². The Morgan fingerprint density at radius 2 is 1.97 bits per heavy atom. The maximum absolute atomic E-state index is 13.4. The van der Waals surface area contributed by atoms with E-state index >= 15 is 0 Å². The number of nitrogens with zero attached hydrogens (tertiary/aromatic N) is 4. The van der Waals surface area contributed by atoms with Crippen molar-refractivity contribution < 1.29 is 22.7 Å².